The molecular weight excluding hydrogens is 352 g/mol. The highest BCUT2D eigenvalue weighted by Gasteiger charge is 2.55. The van der Waals surface area contributed by atoms with Gasteiger partial charge in [-0.3, -0.25) is 0 Å². The highest BCUT2D eigenvalue weighted by atomic mass is 28.3. The smallest absolute Gasteiger partial charge is 0.0625 e. The third-order valence-corrected chi connectivity index (χ3v) is 12.4. The van der Waals surface area contributed by atoms with Crippen LogP contribution >= 0.6 is 0 Å². The average Bonchev–Trinajstić information content (AvgIpc) is 3.05. The fourth-order valence-corrected chi connectivity index (χ4v) is 10.00. The molecule has 1 aliphatic rings. The summed E-state index contributed by atoms with van der Waals surface area (Å²) in [4.78, 5) is 0. The molecular formula is C27H24Si. The molecule has 0 saturated carbocycles. The zero-order chi connectivity index (χ0) is 19.2. The lowest BCUT2D eigenvalue weighted by molar-refractivity contribution is 0.812. The molecule has 0 atom stereocenters. The fraction of sp³-hybridized carbons (Fsp3) is 0.111. The fourth-order valence-electron chi connectivity index (χ4n) is 5.28. The van der Waals surface area contributed by atoms with Gasteiger partial charge in [-0.2, -0.15) is 0 Å². The summed E-state index contributed by atoms with van der Waals surface area (Å²) >= 11 is 0. The van der Waals surface area contributed by atoms with Gasteiger partial charge in [0, 0.05) is 5.04 Å². The summed E-state index contributed by atoms with van der Waals surface area (Å²) < 4.78 is 0. The van der Waals surface area contributed by atoms with Gasteiger partial charge in [-0.25, -0.2) is 0 Å². The van der Waals surface area contributed by atoms with Crippen molar-refractivity contribution in [3.05, 3.63) is 120 Å². The molecule has 0 N–H and O–H groups in total. The van der Waals surface area contributed by atoms with Crippen LogP contribution in [0.25, 0.3) is 11.1 Å². The summed E-state index contributed by atoms with van der Waals surface area (Å²) in [6.45, 7) is 5.04. The maximum absolute atomic E-state index is 2.55. The molecule has 0 radical (unpaired) electrons. The van der Waals surface area contributed by atoms with Crippen LogP contribution in [0.15, 0.2) is 109 Å². The van der Waals surface area contributed by atoms with E-state index in [0.29, 0.717) is 0 Å². The van der Waals surface area contributed by atoms with Gasteiger partial charge in [0.25, 0.3) is 0 Å². The van der Waals surface area contributed by atoms with E-state index in [-0.39, 0.29) is 5.04 Å². The Balaban J connectivity index is 1.91. The van der Waals surface area contributed by atoms with Gasteiger partial charge < -0.3 is 0 Å². The second-order valence-corrected chi connectivity index (χ2v) is 12.5. The molecule has 0 nitrogen and oxygen atoms in total. The summed E-state index contributed by atoms with van der Waals surface area (Å²) in [7, 11) is -2.20. The molecule has 0 amide bonds. The van der Waals surface area contributed by atoms with Crippen molar-refractivity contribution in [3.8, 4) is 11.1 Å². The minimum Gasteiger partial charge on any atom is -0.0625 e. The Kier molecular flexibility index (Phi) is 3.89. The Morgan fingerprint density at radius 3 is 1.29 bits per heavy atom. The largest absolute Gasteiger partial charge is 0.129 e. The summed E-state index contributed by atoms with van der Waals surface area (Å²) in [5.41, 5.74) is 5.73. The SMILES string of the molecule is CC1([Si](C)(c2ccccc2)c2ccccc2)c2ccccc2-c2ccccc21. The first-order valence-electron chi connectivity index (χ1n) is 9.98. The lowest BCUT2D eigenvalue weighted by Crippen LogP contribution is -2.68. The van der Waals surface area contributed by atoms with Gasteiger partial charge in [0.2, 0.25) is 0 Å². The highest BCUT2D eigenvalue weighted by molar-refractivity contribution is 7.04. The van der Waals surface area contributed by atoms with Crippen LogP contribution in [-0.2, 0) is 5.04 Å². The van der Waals surface area contributed by atoms with Crippen molar-refractivity contribution in [2.45, 2.75) is 18.5 Å². The normalized spacial score (nSPS) is 14.4. The molecule has 0 fully saturated rings. The molecule has 0 bridgehead atoms. The molecule has 0 spiro atoms. The molecule has 1 heteroatoms. The number of hydrogen-bond donors (Lipinski definition) is 0. The van der Waals surface area contributed by atoms with E-state index in [2.05, 4.69) is 123 Å². The van der Waals surface area contributed by atoms with E-state index in [0.717, 1.165) is 0 Å². The van der Waals surface area contributed by atoms with Gasteiger partial charge >= 0.3 is 0 Å². The summed E-state index contributed by atoms with van der Waals surface area (Å²) in [6.07, 6.45) is 0. The monoisotopic (exact) mass is 376 g/mol. The van der Waals surface area contributed by atoms with Gasteiger partial charge in [0.05, 0.1) is 0 Å². The molecule has 5 rings (SSSR count). The predicted molar refractivity (Wildman–Crippen MR) is 122 cm³/mol. The third kappa shape index (κ3) is 2.17. The van der Waals surface area contributed by atoms with Crippen LogP contribution in [0.2, 0.25) is 6.55 Å². The van der Waals surface area contributed by atoms with E-state index >= 15 is 0 Å². The molecule has 136 valence electrons. The Morgan fingerprint density at radius 2 is 0.857 bits per heavy atom. The molecule has 0 unspecified atom stereocenters. The van der Waals surface area contributed by atoms with Crippen LogP contribution in [-0.4, -0.2) is 8.07 Å². The van der Waals surface area contributed by atoms with Crippen molar-refractivity contribution in [2.75, 3.05) is 0 Å². The second kappa shape index (κ2) is 6.32. The average molecular weight is 377 g/mol. The molecule has 4 aromatic carbocycles. The lowest BCUT2D eigenvalue weighted by Gasteiger charge is -2.45. The van der Waals surface area contributed by atoms with E-state index in [1.165, 1.54) is 32.6 Å². The van der Waals surface area contributed by atoms with E-state index < -0.39 is 8.07 Å². The van der Waals surface area contributed by atoms with E-state index in [9.17, 15) is 0 Å². The third-order valence-electron chi connectivity index (χ3n) is 6.92. The van der Waals surface area contributed by atoms with Crippen molar-refractivity contribution < 1.29 is 0 Å². The first-order valence-corrected chi connectivity index (χ1v) is 12.5. The van der Waals surface area contributed by atoms with Crippen LogP contribution in [0.1, 0.15) is 18.1 Å². The summed E-state index contributed by atoms with van der Waals surface area (Å²) in [5, 5.41) is 2.92. The van der Waals surface area contributed by atoms with Gasteiger partial charge in [-0.05, 0) is 22.3 Å². The first kappa shape index (κ1) is 17.2. The maximum Gasteiger partial charge on any atom is 0.129 e. The Hall–Kier alpha value is -2.90. The van der Waals surface area contributed by atoms with Crippen LogP contribution in [0, 0.1) is 0 Å². The quantitative estimate of drug-likeness (QED) is 0.420. The van der Waals surface area contributed by atoms with Crippen molar-refractivity contribution in [1.82, 2.24) is 0 Å². The van der Waals surface area contributed by atoms with Crippen LogP contribution in [0.4, 0.5) is 0 Å². The molecule has 4 aromatic rings. The first-order chi connectivity index (χ1) is 13.7. The Labute approximate surface area is 168 Å². The van der Waals surface area contributed by atoms with Gasteiger partial charge in [-0.15, -0.1) is 0 Å². The molecule has 0 saturated heterocycles. The van der Waals surface area contributed by atoms with Crippen molar-refractivity contribution >= 4 is 18.4 Å². The Bertz CT molecular complexity index is 1040. The van der Waals surface area contributed by atoms with E-state index in [1.54, 1.807) is 0 Å². The lowest BCUT2D eigenvalue weighted by atomic mass is 9.98. The number of rotatable bonds is 3. The predicted octanol–water partition coefficient (Wildman–Crippen LogP) is 5.41. The molecule has 28 heavy (non-hydrogen) atoms. The van der Waals surface area contributed by atoms with Gasteiger partial charge in [0.1, 0.15) is 8.07 Å². The zero-order valence-electron chi connectivity index (χ0n) is 16.4. The molecule has 0 heterocycles. The Morgan fingerprint density at radius 1 is 0.500 bits per heavy atom. The number of hydrogen-bond acceptors (Lipinski definition) is 0. The molecule has 0 aromatic heterocycles. The van der Waals surface area contributed by atoms with Crippen molar-refractivity contribution in [1.29, 1.82) is 0 Å². The summed E-state index contributed by atoms with van der Waals surface area (Å²) in [5.74, 6) is 0. The van der Waals surface area contributed by atoms with Crippen LogP contribution in [0.3, 0.4) is 0 Å². The summed E-state index contributed by atoms with van der Waals surface area (Å²) in [6, 6.07) is 40.4. The standard InChI is InChI=1S/C27H24Si/c1-27(25-19-11-9-17-23(25)24-18-10-12-20-26(24)27)28(2,21-13-5-3-6-14-21)22-15-7-4-8-16-22/h3-20H,1-2H3. The number of fused-ring (bicyclic) bond motifs is 3. The minimum atomic E-state index is -2.20. The van der Waals surface area contributed by atoms with Gasteiger partial charge in [0.15, 0.2) is 0 Å². The van der Waals surface area contributed by atoms with Crippen molar-refractivity contribution in [2.24, 2.45) is 0 Å². The topological polar surface area (TPSA) is 0 Å². The highest BCUT2D eigenvalue weighted by Crippen LogP contribution is 2.52. The van der Waals surface area contributed by atoms with Crippen molar-refractivity contribution in [3.63, 3.8) is 0 Å². The maximum atomic E-state index is 2.55. The number of benzene rings is 4. The van der Waals surface area contributed by atoms with Crippen LogP contribution in [0.5, 0.6) is 0 Å². The zero-order valence-corrected chi connectivity index (χ0v) is 17.4. The minimum absolute atomic E-state index is 0.0388. The van der Waals surface area contributed by atoms with E-state index in [1.807, 2.05) is 0 Å². The van der Waals surface area contributed by atoms with E-state index in [4.69, 9.17) is 0 Å². The van der Waals surface area contributed by atoms with Crippen LogP contribution < -0.4 is 10.4 Å². The molecule has 1 aliphatic carbocycles. The van der Waals surface area contributed by atoms with Gasteiger partial charge in [-0.1, -0.05) is 133 Å². The second-order valence-electron chi connectivity index (χ2n) is 8.07. The molecule has 0 aliphatic heterocycles.